The summed E-state index contributed by atoms with van der Waals surface area (Å²) in [5.41, 5.74) is 0.753. The molecule has 1 aliphatic heterocycles. The minimum Gasteiger partial charge on any atom is -0.335 e. The first-order valence-electron chi connectivity index (χ1n) is 8.05. The molecule has 132 valence electrons. The zero-order valence-corrected chi connectivity index (χ0v) is 16.4. The van der Waals surface area contributed by atoms with Gasteiger partial charge in [0, 0.05) is 43.4 Å². The van der Waals surface area contributed by atoms with Gasteiger partial charge in [-0.3, -0.25) is 9.69 Å². The van der Waals surface area contributed by atoms with E-state index in [2.05, 4.69) is 42.7 Å². The highest BCUT2D eigenvalue weighted by molar-refractivity contribution is 9.10. The average molecular weight is 422 g/mol. The Labute approximate surface area is 159 Å². The van der Waals surface area contributed by atoms with E-state index in [9.17, 15) is 4.79 Å². The summed E-state index contributed by atoms with van der Waals surface area (Å²) in [5, 5.41) is 3.84. The number of pyridine rings is 1. The molecule has 0 radical (unpaired) electrons. The van der Waals surface area contributed by atoms with Crippen LogP contribution in [0.5, 0.6) is 0 Å². The van der Waals surface area contributed by atoms with Crippen molar-refractivity contribution in [2.45, 2.75) is 6.92 Å². The first-order chi connectivity index (χ1) is 12.1. The number of hydrogen-bond acceptors (Lipinski definition) is 6. The number of anilines is 2. The lowest BCUT2D eigenvalue weighted by molar-refractivity contribution is 0.0654. The molecule has 0 bridgehead atoms. The maximum atomic E-state index is 12.8. The van der Waals surface area contributed by atoms with Gasteiger partial charge in [0.15, 0.2) is 5.13 Å². The van der Waals surface area contributed by atoms with Crippen LogP contribution in [-0.4, -0.2) is 58.4 Å². The second-order valence-corrected chi connectivity index (χ2v) is 7.72. The van der Waals surface area contributed by atoms with Crippen LogP contribution in [0.25, 0.3) is 0 Å². The lowest BCUT2D eigenvalue weighted by Crippen LogP contribution is -2.48. The molecule has 0 spiro atoms. The van der Waals surface area contributed by atoms with Gasteiger partial charge in [-0.15, -0.1) is 6.58 Å². The maximum absolute atomic E-state index is 12.8. The molecule has 3 rings (SSSR count). The summed E-state index contributed by atoms with van der Waals surface area (Å²) in [5.74, 6) is 0.763. The van der Waals surface area contributed by atoms with Crippen LogP contribution in [0.2, 0.25) is 0 Å². The highest BCUT2D eigenvalue weighted by atomic mass is 79.9. The Morgan fingerprint density at radius 1 is 1.40 bits per heavy atom. The van der Waals surface area contributed by atoms with E-state index < -0.39 is 0 Å². The minimum absolute atomic E-state index is 0.0602. The Morgan fingerprint density at radius 2 is 2.16 bits per heavy atom. The number of aromatic nitrogens is 2. The predicted molar refractivity (Wildman–Crippen MR) is 105 cm³/mol. The molecule has 3 heterocycles. The average Bonchev–Trinajstić information content (AvgIpc) is 2.97. The summed E-state index contributed by atoms with van der Waals surface area (Å²) in [6.07, 6.45) is 3.62. The summed E-state index contributed by atoms with van der Waals surface area (Å²) < 4.78 is 0.917. The first kappa shape index (κ1) is 18.0. The van der Waals surface area contributed by atoms with E-state index in [-0.39, 0.29) is 5.91 Å². The Bertz CT molecular complexity index is 753. The summed E-state index contributed by atoms with van der Waals surface area (Å²) in [7, 11) is 0. The van der Waals surface area contributed by atoms with Crippen molar-refractivity contribution < 1.29 is 4.79 Å². The van der Waals surface area contributed by atoms with Crippen LogP contribution in [0.15, 0.2) is 35.5 Å². The number of carbonyl (C=O) groups is 1. The molecular formula is C17H20BrN5OS. The van der Waals surface area contributed by atoms with Crippen molar-refractivity contribution in [3.8, 4) is 0 Å². The number of carbonyl (C=O) groups excluding carboxylic acids is 1. The molecule has 1 N–H and O–H groups in total. The molecule has 1 saturated heterocycles. The molecule has 25 heavy (non-hydrogen) atoms. The van der Waals surface area contributed by atoms with Gasteiger partial charge in [0.25, 0.3) is 5.91 Å². The fraction of sp³-hybridized carbons (Fsp3) is 0.353. The Hall–Kier alpha value is -1.77. The fourth-order valence-corrected chi connectivity index (χ4v) is 3.84. The highest BCUT2D eigenvalue weighted by Gasteiger charge is 2.25. The Kier molecular flexibility index (Phi) is 5.82. The molecule has 2 aromatic heterocycles. The van der Waals surface area contributed by atoms with Gasteiger partial charge in [0.05, 0.1) is 5.69 Å². The maximum Gasteiger partial charge on any atom is 0.266 e. The topological polar surface area (TPSA) is 61.4 Å². The number of hydrogen-bond donors (Lipinski definition) is 1. The van der Waals surface area contributed by atoms with Crippen LogP contribution in [0.3, 0.4) is 0 Å². The largest absolute Gasteiger partial charge is 0.335 e. The van der Waals surface area contributed by atoms with Gasteiger partial charge < -0.3 is 10.2 Å². The number of halogens is 1. The van der Waals surface area contributed by atoms with Crippen LogP contribution in [-0.2, 0) is 0 Å². The van der Waals surface area contributed by atoms with E-state index in [1.807, 2.05) is 30.0 Å². The highest BCUT2D eigenvalue weighted by Crippen LogP contribution is 2.27. The van der Waals surface area contributed by atoms with E-state index in [4.69, 9.17) is 0 Å². The van der Waals surface area contributed by atoms with Crippen LogP contribution in [0, 0.1) is 6.92 Å². The lowest BCUT2D eigenvalue weighted by atomic mass is 10.2. The molecule has 1 fully saturated rings. The van der Waals surface area contributed by atoms with Crippen molar-refractivity contribution in [1.82, 2.24) is 19.8 Å². The fourth-order valence-electron chi connectivity index (χ4n) is 2.67. The summed E-state index contributed by atoms with van der Waals surface area (Å²) in [6, 6.07) is 3.77. The van der Waals surface area contributed by atoms with Gasteiger partial charge in [-0.1, -0.05) is 17.4 Å². The molecular weight excluding hydrogens is 402 g/mol. The molecule has 0 aliphatic carbocycles. The molecule has 0 unspecified atom stereocenters. The number of rotatable bonds is 5. The number of amides is 1. The van der Waals surface area contributed by atoms with Crippen molar-refractivity contribution >= 4 is 44.1 Å². The van der Waals surface area contributed by atoms with Gasteiger partial charge in [-0.25, -0.2) is 9.97 Å². The third kappa shape index (κ3) is 4.45. The van der Waals surface area contributed by atoms with Crippen molar-refractivity contribution in [1.29, 1.82) is 0 Å². The van der Waals surface area contributed by atoms with Gasteiger partial charge in [-0.05, 0) is 35.0 Å². The zero-order chi connectivity index (χ0) is 17.8. The smallest absolute Gasteiger partial charge is 0.266 e. The second kappa shape index (κ2) is 8.07. The van der Waals surface area contributed by atoms with E-state index in [1.165, 1.54) is 11.3 Å². The number of nitrogens with one attached hydrogen (secondary N) is 1. The first-order valence-corrected chi connectivity index (χ1v) is 9.66. The molecule has 6 nitrogen and oxygen atoms in total. The van der Waals surface area contributed by atoms with Crippen molar-refractivity contribution in [3.63, 3.8) is 0 Å². The second-order valence-electron chi connectivity index (χ2n) is 5.80. The van der Waals surface area contributed by atoms with Crippen LogP contribution in [0.4, 0.5) is 10.9 Å². The summed E-state index contributed by atoms with van der Waals surface area (Å²) in [6.45, 7) is 9.74. The number of piperazine rings is 1. The molecule has 0 aromatic carbocycles. The SMILES string of the molecule is C=CCN1CCN(C(=O)c2sc(Nc3ccc(Br)cn3)nc2C)CC1. The summed E-state index contributed by atoms with van der Waals surface area (Å²) >= 11 is 4.74. The summed E-state index contributed by atoms with van der Waals surface area (Å²) in [4.78, 5) is 26.4. The normalized spacial score (nSPS) is 15.2. The van der Waals surface area contributed by atoms with Crippen LogP contribution < -0.4 is 5.32 Å². The molecule has 8 heteroatoms. The lowest BCUT2D eigenvalue weighted by Gasteiger charge is -2.33. The molecule has 0 atom stereocenters. The van der Waals surface area contributed by atoms with Crippen molar-refractivity contribution in [3.05, 3.63) is 46.0 Å². The van der Waals surface area contributed by atoms with E-state index in [0.29, 0.717) is 15.8 Å². The zero-order valence-electron chi connectivity index (χ0n) is 14.0. The van der Waals surface area contributed by atoms with Gasteiger partial charge in [0.1, 0.15) is 10.7 Å². The van der Waals surface area contributed by atoms with Crippen LogP contribution in [0.1, 0.15) is 15.4 Å². The number of thiazole rings is 1. The van der Waals surface area contributed by atoms with Crippen molar-refractivity contribution in [2.24, 2.45) is 0 Å². The third-order valence-electron chi connectivity index (χ3n) is 4.00. The standard InChI is InChI=1S/C17H20BrN5OS/c1-3-6-22-7-9-23(10-8-22)16(24)15-12(2)20-17(25-15)21-14-5-4-13(18)11-19-14/h3-5,11H,1,6-10H2,2H3,(H,19,20,21). The Morgan fingerprint density at radius 3 is 2.80 bits per heavy atom. The number of aryl methyl sites for hydroxylation is 1. The quantitative estimate of drug-likeness (QED) is 0.750. The van der Waals surface area contributed by atoms with Gasteiger partial charge in [0.2, 0.25) is 0 Å². The van der Waals surface area contributed by atoms with E-state index >= 15 is 0 Å². The van der Waals surface area contributed by atoms with Crippen LogP contribution >= 0.6 is 27.3 Å². The van der Waals surface area contributed by atoms with Gasteiger partial charge >= 0.3 is 0 Å². The van der Waals surface area contributed by atoms with Crippen molar-refractivity contribution in [2.75, 3.05) is 38.0 Å². The Balaban J connectivity index is 1.66. The van der Waals surface area contributed by atoms with E-state index in [1.54, 1.807) is 6.20 Å². The predicted octanol–water partition coefficient (Wildman–Crippen LogP) is 3.30. The number of nitrogens with zero attached hydrogens (tertiary/aromatic N) is 4. The monoisotopic (exact) mass is 421 g/mol. The molecule has 2 aromatic rings. The molecule has 1 amide bonds. The van der Waals surface area contributed by atoms with Gasteiger partial charge in [-0.2, -0.15) is 0 Å². The molecule has 0 saturated carbocycles. The molecule has 1 aliphatic rings. The third-order valence-corrected chi connectivity index (χ3v) is 5.53. The minimum atomic E-state index is 0.0602. The van der Waals surface area contributed by atoms with E-state index in [0.717, 1.165) is 42.9 Å².